The number of methoxy groups -OCH3 is 1. The van der Waals surface area contributed by atoms with Gasteiger partial charge in [-0.15, -0.1) is 0 Å². The maximum Gasteiger partial charge on any atom is 0.242 e. The first-order chi connectivity index (χ1) is 12.7. The summed E-state index contributed by atoms with van der Waals surface area (Å²) in [5, 5.41) is 1.03. The van der Waals surface area contributed by atoms with Crippen LogP contribution in [0.2, 0.25) is 0 Å². The predicted molar refractivity (Wildman–Crippen MR) is 100 cm³/mol. The number of anilines is 1. The zero-order valence-electron chi connectivity index (χ0n) is 14.8. The Kier molecular flexibility index (Phi) is 3.99. The molecule has 1 aromatic heterocycles. The molecule has 0 aliphatic carbocycles. The average Bonchev–Trinajstić information content (AvgIpc) is 3.18. The molecule has 0 bridgehead atoms. The number of para-hydroxylation sites is 3. The maximum atomic E-state index is 13.2. The highest BCUT2D eigenvalue weighted by atomic mass is 16.5. The van der Waals surface area contributed by atoms with Crippen LogP contribution in [0.15, 0.2) is 54.7 Å². The minimum Gasteiger partial charge on any atom is -0.495 e. The van der Waals surface area contributed by atoms with Crippen molar-refractivity contribution in [2.75, 3.05) is 12.0 Å². The summed E-state index contributed by atoms with van der Waals surface area (Å²) in [7, 11) is 1.54. The highest BCUT2D eigenvalue weighted by Gasteiger charge is 2.42. The predicted octanol–water partition coefficient (Wildman–Crippen LogP) is 3.72. The number of imide groups is 1. The number of carbonyl (C=O) groups is 2. The Morgan fingerprint density at radius 2 is 1.81 bits per heavy atom. The molecular weight excluding hydrogens is 328 g/mol. The van der Waals surface area contributed by atoms with Crippen LogP contribution in [0.3, 0.4) is 0 Å². The van der Waals surface area contributed by atoms with Crippen LogP contribution in [-0.2, 0) is 16.1 Å². The molecular formula is C21H20N2O3. The largest absolute Gasteiger partial charge is 0.495 e. The summed E-state index contributed by atoms with van der Waals surface area (Å²) >= 11 is 0. The number of rotatable bonds is 4. The summed E-state index contributed by atoms with van der Waals surface area (Å²) in [6.45, 7) is 2.88. The molecule has 0 spiro atoms. The smallest absolute Gasteiger partial charge is 0.242 e. The third-order valence-corrected chi connectivity index (χ3v) is 5.01. The minimum atomic E-state index is -0.467. The maximum absolute atomic E-state index is 13.2. The number of benzene rings is 2. The Hall–Kier alpha value is -3.08. The molecule has 132 valence electrons. The monoisotopic (exact) mass is 348 g/mol. The Bertz CT molecular complexity index is 1010. The molecule has 2 amide bonds. The molecule has 2 heterocycles. The molecule has 26 heavy (non-hydrogen) atoms. The second-order valence-electron chi connectivity index (χ2n) is 6.38. The number of aromatic nitrogens is 1. The van der Waals surface area contributed by atoms with Crippen molar-refractivity contribution in [2.45, 2.75) is 25.8 Å². The third kappa shape index (κ3) is 2.39. The van der Waals surface area contributed by atoms with Gasteiger partial charge in [0.2, 0.25) is 11.8 Å². The van der Waals surface area contributed by atoms with Crippen molar-refractivity contribution in [3.05, 3.63) is 60.3 Å². The average molecular weight is 348 g/mol. The van der Waals surface area contributed by atoms with Crippen LogP contribution in [0.4, 0.5) is 5.69 Å². The van der Waals surface area contributed by atoms with Crippen LogP contribution in [0.5, 0.6) is 5.75 Å². The molecule has 0 saturated carbocycles. The summed E-state index contributed by atoms with van der Waals surface area (Å²) in [6.07, 6.45) is 2.18. The number of hydrogen-bond acceptors (Lipinski definition) is 3. The van der Waals surface area contributed by atoms with Crippen molar-refractivity contribution < 1.29 is 14.3 Å². The second-order valence-corrected chi connectivity index (χ2v) is 6.38. The van der Waals surface area contributed by atoms with E-state index in [4.69, 9.17) is 4.74 Å². The Labute approximate surface area is 151 Å². The Balaban J connectivity index is 1.79. The molecule has 5 heteroatoms. The van der Waals surface area contributed by atoms with Crippen LogP contribution >= 0.6 is 0 Å². The van der Waals surface area contributed by atoms with Gasteiger partial charge in [-0.25, -0.2) is 4.90 Å². The van der Waals surface area contributed by atoms with Crippen LogP contribution in [0.1, 0.15) is 24.8 Å². The summed E-state index contributed by atoms with van der Waals surface area (Å²) < 4.78 is 7.46. The summed E-state index contributed by atoms with van der Waals surface area (Å²) in [4.78, 5) is 27.1. The third-order valence-electron chi connectivity index (χ3n) is 5.01. The van der Waals surface area contributed by atoms with E-state index in [0.29, 0.717) is 11.4 Å². The highest BCUT2D eigenvalue weighted by Crippen LogP contribution is 2.39. The van der Waals surface area contributed by atoms with Gasteiger partial charge < -0.3 is 9.30 Å². The summed E-state index contributed by atoms with van der Waals surface area (Å²) in [5.74, 6) is -0.340. The fraction of sp³-hybridized carbons (Fsp3) is 0.238. The van der Waals surface area contributed by atoms with Gasteiger partial charge >= 0.3 is 0 Å². The van der Waals surface area contributed by atoms with Gasteiger partial charge in [-0.05, 0) is 30.7 Å². The van der Waals surface area contributed by atoms with E-state index in [1.54, 1.807) is 18.2 Å². The number of aryl methyl sites for hydroxylation is 1. The van der Waals surface area contributed by atoms with Crippen molar-refractivity contribution in [3.63, 3.8) is 0 Å². The van der Waals surface area contributed by atoms with Crippen molar-refractivity contribution in [3.8, 4) is 5.75 Å². The number of fused-ring (bicyclic) bond motifs is 1. The number of ether oxygens (including phenoxy) is 1. The van der Waals surface area contributed by atoms with E-state index < -0.39 is 5.92 Å². The van der Waals surface area contributed by atoms with E-state index in [9.17, 15) is 9.59 Å². The van der Waals surface area contributed by atoms with Gasteiger partial charge in [0.05, 0.1) is 18.7 Å². The lowest BCUT2D eigenvalue weighted by molar-refractivity contribution is -0.121. The molecule has 1 fully saturated rings. The zero-order valence-corrected chi connectivity index (χ0v) is 14.8. The molecule has 4 rings (SSSR count). The van der Waals surface area contributed by atoms with Crippen LogP contribution < -0.4 is 9.64 Å². The topological polar surface area (TPSA) is 51.5 Å². The SMILES string of the molecule is CCn1cc([C@H]2CC(=O)N(c3ccccc3OC)C2=O)c2ccccc21. The van der Waals surface area contributed by atoms with Crippen molar-refractivity contribution in [1.82, 2.24) is 4.57 Å². The molecule has 0 unspecified atom stereocenters. The van der Waals surface area contributed by atoms with Gasteiger partial charge in [-0.2, -0.15) is 0 Å². The number of carbonyl (C=O) groups excluding carboxylic acids is 2. The molecule has 3 aromatic rings. The van der Waals surface area contributed by atoms with Crippen molar-refractivity contribution >= 4 is 28.4 Å². The van der Waals surface area contributed by atoms with Gasteiger partial charge in [-0.1, -0.05) is 30.3 Å². The summed E-state index contributed by atoms with van der Waals surface area (Å²) in [6, 6.07) is 15.1. The van der Waals surface area contributed by atoms with Gasteiger partial charge in [0.25, 0.3) is 0 Å². The molecule has 1 atom stereocenters. The Morgan fingerprint density at radius 3 is 2.58 bits per heavy atom. The van der Waals surface area contributed by atoms with Crippen molar-refractivity contribution in [1.29, 1.82) is 0 Å². The number of amides is 2. The van der Waals surface area contributed by atoms with Crippen LogP contribution in [0, 0.1) is 0 Å². The van der Waals surface area contributed by atoms with Gasteiger partial charge in [-0.3, -0.25) is 9.59 Å². The molecule has 0 N–H and O–H groups in total. The number of hydrogen-bond donors (Lipinski definition) is 0. The molecule has 1 aliphatic heterocycles. The molecule has 0 radical (unpaired) electrons. The summed E-state index contributed by atoms with van der Waals surface area (Å²) in [5.41, 5.74) is 2.51. The lowest BCUT2D eigenvalue weighted by Crippen LogP contribution is -2.30. The minimum absolute atomic E-state index is 0.175. The fourth-order valence-corrected chi connectivity index (χ4v) is 3.76. The van der Waals surface area contributed by atoms with E-state index in [1.165, 1.54) is 12.0 Å². The molecule has 2 aromatic carbocycles. The van der Waals surface area contributed by atoms with E-state index in [1.807, 2.05) is 36.5 Å². The van der Waals surface area contributed by atoms with E-state index >= 15 is 0 Å². The lowest BCUT2D eigenvalue weighted by Gasteiger charge is -2.17. The van der Waals surface area contributed by atoms with E-state index in [-0.39, 0.29) is 18.2 Å². The first-order valence-electron chi connectivity index (χ1n) is 8.73. The second kappa shape index (κ2) is 6.33. The van der Waals surface area contributed by atoms with Gasteiger partial charge in [0.1, 0.15) is 5.75 Å². The molecule has 1 aliphatic rings. The number of nitrogens with zero attached hydrogens (tertiary/aromatic N) is 2. The van der Waals surface area contributed by atoms with E-state index in [0.717, 1.165) is 23.0 Å². The molecule has 5 nitrogen and oxygen atoms in total. The van der Waals surface area contributed by atoms with E-state index in [2.05, 4.69) is 11.5 Å². The first-order valence-corrected chi connectivity index (χ1v) is 8.73. The standard InChI is InChI=1S/C21H20N2O3/c1-3-22-13-16(14-8-4-5-9-17(14)22)15-12-20(24)23(21(15)25)18-10-6-7-11-19(18)26-2/h4-11,13,15H,3,12H2,1-2H3/t15-/m1/s1. The first kappa shape index (κ1) is 16.4. The van der Waals surface area contributed by atoms with Gasteiger partial charge in [0, 0.05) is 30.1 Å². The lowest BCUT2D eigenvalue weighted by atomic mass is 9.97. The van der Waals surface area contributed by atoms with Crippen LogP contribution in [0.25, 0.3) is 10.9 Å². The van der Waals surface area contributed by atoms with Crippen LogP contribution in [-0.4, -0.2) is 23.5 Å². The fourth-order valence-electron chi connectivity index (χ4n) is 3.76. The van der Waals surface area contributed by atoms with Gasteiger partial charge in [0.15, 0.2) is 0 Å². The zero-order chi connectivity index (χ0) is 18.3. The highest BCUT2D eigenvalue weighted by molar-refractivity contribution is 6.24. The van der Waals surface area contributed by atoms with Crippen molar-refractivity contribution in [2.24, 2.45) is 0 Å². The molecule has 1 saturated heterocycles. The Morgan fingerprint density at radius 1 is 1.08 bits per heavy atom. The normalized spacial score (nSPS) is 17.3. The quantitative estimate of drug-likeness (QED) is 0.675.